The van der Waals surface area contributed by atoms with Crippen LogP contribution in [0.25, 0.3) is 0 Å². The van der Waals surface area contributed by atoms with E-state index >= 15 is 0 Å². The third kappa shape index (κ3) is 2.58. The molecule has 0 aromatic heterocycles. The van der Waals surface area contributed by atoms with E-state index in [2.05, 4.69) is 11.8 Å². The highest BCUT2D eigenvalue weighted by atomic mass is 16.4. The molecule has 0 saturated carbocycles. The van der Waals surface area contributed by atoms with Crippen molar-refractivity contribution >= 4 is 17.3 Å². The number of nitrogens with zero attached hydrogens (tertiary/aromatic N) is 1. The molecule has 0 spiro atoms. The second-order valence-electron chi connectivity index (χ2n) is 4.97. The number of carboxylic acids is 1. The first kappa shape index (κ1) is 12.7. The molecule has 1 saturated heterocycles. The van der Waals surface area contributed by atoms with Gasteiger partial charge in [0.2, 0.25) is 0 Å². The largest absolute Gasteiger partial charge is 0.478 e. The summed E-state index contributed by atoms with van der Waals surface area (Å²) in [5, 5.41) is 9.07. The minimum absolute atomic E-state index is 0.200. The second kappa shape index (κ2) is 5.29. The van der Waals surface area contributed by atoms with Crippen LogP contribution >= 0.6 is 0 Å². The Kier molecular flexibility index (Phi) is 3.75. The Balaban J connectivity index is 2.15. The van der Waals surface area contributed by atoms with Gasteiger partial charge in [0.05, 0.1) is 5.56 Å². The fourth-order valence-corrected chi connectivity index (χ4v) is 2.64. The van der Waals surface area contributed by atoms with Crippen molar-refractivity contribution in [3.63, 3.8) is 0 Å². The van der Waals surface area contributed by atoms with Crippen molar-refractivity contribution in [1.29, 1.82) is 0 Å². The maximum absolute atomic E-state index is 11.1. The van der Waals surface area contributed by atoms with Gasteiger partial charge in [0.25, 0.3) is 0 Å². The summed E-state index contributed by atoms with van der Waals surface area (Å²) in [5.41, 5.74) is 7.17. The molecule has 1 fully saturated rings. The van der Waals surface area contributed by atoms with Crippen LogP contribution in [-0.4, -0.2) is 24.2 Å². The number of nitrogens with two attached hydrogens (primary N) is 1. The van der Waals surface area contributed by atoms with E-state index in [0.717, 1.165) is 24.7 Å². The molecular weight excluding hydrogens is 228 g/mol. The van der Waals surface area contributed by atoms with Gasteiger partial charge in [-0.2, -0.15) is 0 Å². The number of hydrogen-bond acceptors (Lipinski definition) is 3. The van der Waals surface area contributed by atoms with Gasteiger partial charge < -0.3 is 15.7 Å². The zero-order chi connectivity index (χ0) is 13.1. The fraction of sp³-hybridized carbons (Fsp3) is 0.500. The number of anilines is 2. The first-order valence-corrected chi connectivity index (χ1v) is 6.49. The summed E-state index contributed by atoms with van der Waals surface area (Å²) < 4.78 is 0. The van der Waals surface area contributed by atoms with E-state index in [1.165, 1.54) is 19.3 Å². The molecule has 0 amide bonds. The van der Waals surface area contributed by atoms with Crippen molar-refractivity contribution in [3.05, 3.63) is 23.8 Å². The topological polar surface area (TPSA) is 66.6 Å². The summed E-state index contributed by atoms with van der Waals surface area (Å²) in [6.07, 6.45) is 3.65. The second-order valence-corrected chi connectivity index (χ2v) is 4.97. The van der Waals surface area contributed by atoms with Crippen LogP contribution in [0.15, 0.2) is 18.2 Å². The summed E-state index contributed by atoms with van der Waals surface area (Å²) in [5.74, 6) is -0.223. The van der Waals surface area contributed by atoms with E-state index in [1.54, 1.807) is 12.1 Å². The normalized spacial score (nSPS) is 19.2. The highest BCUT2D eigenvalue weighted by Gasteiger charge is 2.22. The van der Waals surface area contributed by atoms with E-state index in [9.17, 15) is 4.79 Å². The molecule has 1 atom stereocenters. The van der Waals surface area contributed by atoms with Gasteiger partial charge in [-0.1, -0.05) is 13.3 Å². The van der Waals surface area contributed by atoms with Crippen LogP contribution in [0.2, 0.25) is 0 Å². The summed E-state index contributed by atoms with van der Waals surface area (Å²) >= 11 is 0. The van der Waals surface area contributed by atoms with Crippen LogP contribution in [0.4, 0.5) is 11.4 Å². The molecule has 1 heterocycles. The average Bonchev–Trinajstić information content (AvgIpc) is 2.78. The average molecular weight is 248 g/mol. The van der Waals surface area contributed by atoms with Gasteiger partial charge in [0.15, 0.2) is 0 Å². The van der Waals surface area contributed by atoms with Gasteiger partial charge in [-0.15, -0.1) is 0 Å². The van der Waals surface area contributed by atoms with Crippen LogP contribution in [0, 0.1) is 5.92 Å². The Hall–Kier alpha value is -1.71. The van der Waals surface area contributed by atoms with Crippen LogP contribution < -0.4 is 10.6 Å². The zero-order valence-electron chi connectivity index (χ0n) is 10.7. The maximum atomic E-state index is 11.1. The molecule has 4 heteroatoms. The lowest BCUT2D eigenvalue weighted by atomic mass is 10.0. The Bertz CT molecular complexity index is 445. The molecule has 4 nitrogen and oxygen atoms in total. The third-order valence-electron chi connectivity index (χ3n) is 3.62. The maximum Gasteiger partial charge on any atom is 0.337 e. The van der Waals surface area contributed by atoms with Gasteiger partial charge in [-0.3, -0.25) is 0 Å². The molecule has 3 N–H and O–H groups in total. The van der Waals surface area contributed by atoms with Crippen molar-refractivity contribution in [2.75, 3.05) is 23.7 Å². The molecule has 1 aliphatic rings. The molecule has 0 bridgehead atoms. The first-order valence-electron chi connectivity index (χ1n) is 6.49. The van der Waals surface area contributed by atoms with Crippen molar-refractivity contribution in [2.45, 2.75) is 26.2 Å². The van der Waals surface area contributed by atoms with Crippen LogP contribution in [0.1, 0.15) is 36.5 Å². The van der Waals surface area contributed by atoms with E-state index < -0.39 is 5.97 Å². The smallest absolute Gasteiger partial charge is 0.337 e. The van der Waals surface area contributed by atoms with Crippen molar-refractivity contribution < 1.29 is 9.90 Å². The first-order chi connectivity index (χ1) is 8.61. The van der Waals surface area contributed by atoms with Crippen LogP contribution in [-0.2, 0) is 0 Å². The van der Waals surface area contributed by atoms with Crippen molar-refractivity contribution in [3.8, 4) is 0 Å². The zero-order valence-corrected chi connectivity index (χ0v) is 10.7. The standard InChI is InChI=1S/C14H20N2O2/c1-2-3-10-6-7-16(9-10)11-4-5-13(15)12(8-11)14(17)18/h4-5,8,10H,2-3,6-7,9,15H2,1H3,(H,17,18). The fourth-order valence-electron chi connectivity index (χ4n) is 2.64. The summed E-state index contributed by atoms with van der Waals surface area (Å²) in [6.45, 7) is 4.23. The highest BCUT2D eigenvalue weighted by Crippen LogP contribution is 2.28. The van der Waals surface area contributed by atoms with Gasteiger partial charge >= 0.3 is 5.97 Å². The van der Waals surface area contributed by atoms with Gasteiger partial charge in [-0.05, 0) is 37.0 Å². The Morgan fingerprint density at radius 3 is 3.00 bits per heavy atom. The molecular formula is C14H20N2O2. The number of aromatic carboxylic acids is 1. The van der Waals surface area contributed by atoms with Crippen molar-refractivity contribution in [2.24, 2.45) is 5.92 Å². The molecule has 1 aromatic carbocycles. The predicted molar refractivity (Wildman–Crippen MR) is 73.0 cm³/mol. The third-order valence-corrected chi connectivity index (χ3v) is 3.62. The number of benzene rings is 1. The number of carbonyl (C=O) groups is 1. The molecule has 18 heavy (non-hydrogen) atoms. The van der Waals surface area contributed by atoms with Gasteiger partial charge in [0, 0.05) is 24.5 Å². The lowest BCUT2D eigenvalue weighted by Gasteiger charge is -2.19. The molecule has 0 aliphatic carbocycles. The van der Waals surface area contributed by atoms with Crippen molar-refractivity contribution in [1.82, 2.24) is 0 Å². The molecule has 2 rings (SSSR count). The Morgan fingerprint density at radius 1 is 1.56 bits per heavy atom. The summed E-state index contributed by atoms with van der Waals surface area (Å²) in [4.78, 5) is 13.3. The lowest BCUT2D eigenvalue weighted by molar-refractivity contribution is 0.0698. The minimum atomic E-state index is -0.960. The predicted octanol–water partition coefficient (Wildman–Crippen LogP) is 2.59. The highest BCUT2D eigenvalue weighted by molar-refractivity contribution is 5.94. The quantitative estimate of drug-likeness (QED) is 0.804. The number of nitrogen functional groups attached to an aromatic ring is 1. The van der Waals surface area contributed by atoms with E-state index in [0.29, 0.717) is 5.69 Å². The monoisotopic (exact) mass is 248 g/mol. The summed E-state index contributed by atoms with van der Waals surface area (Å²) in [6, 6.07) is 5.29. The van der Waals surface area contributed by atoms with Gasteiger partial charge in [-0.25, -0.2) is 4.79 Å². The molecule has 1 aliphatic heterocycles. The Labute approximate surface area is 107 Å². The molecule has 1 aromatic rings. The van der Waals surface area contributed by atoms with E-state index in [1.807, 2.05) is 6.07 Å². The Morgan fingerprint density at radius 2 is 2.33 bits per heavy atom. The summed E-state index contributed by atoms with van der Waals surface area (Å²) in [7, 11) is 0. The van der Waals surface area contributed by atoms with E-state index in [-0.39, 0.29) is 5.56 Å². The van der Waals surface area contributed by atoms with Crippen LogP contribution in [0.3, 0.4) is 0 Å². The van der Waals surface area contributed by atoms with Gasteiger partial charge in [0.1, 0.15) is 0 Å². The number of rotatable bonds is 4. The lowest BCUT2D eigenvalue weighted by Crippen LogP contribution is -2.20. The number of carboxylic acid groups (broad SMARTS) is 1. The minimum Gasteiger partial charge on any atom is -0.478 e. The molecule has 1 unspecified atom stereocenters. The molecule has 98 valence electrons. The number of hydrogen-bond donors (Lipinski definition) is 2. The van der Waals surface area contributed by atoms with Crippen LogP contribution in [0.5, 0.6) is 0 Å². The van der Waals surface area contributed by atoms with E-state index in [4.69, 9.17) is 10.8 Å². The molecule has 0 radical (unpaired) electrons. The SMILES string of the molecule is CCCC1CCN(c2ccc(N)c(C(=O)O)c2)C1.